The van der Waals surface area contributed by atoms with Crippen LogP contribution < -0.4 is 10.9 Å². The second-order valence-corrected chi connectivity index (χ2v) is 4.79. The molecule has 0 radical (unpaired) electrons. The summed E-state index contributed by atoms with van der Waals surface area (Å²) in [5, 5.41) is 16.5. The Hall–Kier alpha value is -0.880. The van der Waals surface area contributed by atoms with Gasteiger partial charge in [0.1, 0.15) is 4.47 Å². The minimum atomic E-state index is -0.448. The number of nitrogens with one attached hydrogen (secondary N) is 1. The van der Waals surface area contributed by atoms with Crippen LogP contribution in [0.15, 0.2) is 15.5 Å². The van der Waals surface area contributed by atoms with Crippen LogP contribution in [-0.4, -0.2) is 27.5 Å². The Bertz CT molecular complexity index is 417. The molecule has 1 heterocycles. The molecule has 0 saturated carbocycles. The third-order valence-corrected chi connectivity index (χ3v) is 3.12. The standard InChI is InChI=1S/C10H16BrN3O2/c1-6(2)8(15)5-12-7-4-13-14(3)10(16)9(7)11/h4,6,8,12,15H,5H2,1-3H3. The van der Waals surface area contributed by atoms with Crippen molar-refractivity contribution in [1.29, 1.82) is 0 Å². The number of rotatable bonds is 4. The molecule has 0 aliphatic rings. The smallest absolute Gasteiger partial charge is 0.282 e. The minimum absolute atomic E-state index is 0.172. The Labute approximate surface area is 103 Å². The minimum Gasteiger partial charge on any atom is -0.391 e. The predicted molar refractivity (Wildman–Crippen MR) is 66.5 cm³/mol. The number of anilines is 1. The number of hydrogen-bond donors (Lipinski definition) is 2. The molecule has 90 valence electrons. The molecule has 0 bridgehead atoms. The lowest BCUT2D eigenvalue weighted by Gasteiger charge is -2.16. The second-order valence-electron chi connectivity index (χ2n) is 3.99. The number of aliphatic hydroxyl groups is 1. The summed E-state index contributed by atoms with van der Waals surface area (Å²) in [5.74, 6) is 0.172. The first-order valence-corrected chi connectivity index (χ1v) is 5.86. The van der Waals surface area contributed by atoms with E-state index in [1.165, 1.54) is 4.68 Å². The predicted octanol–water partition coefficient (Wildman–Crippen LogP) is 0.972. The third kappa shape index (κ3) is 3.05. The molecular weight excluding hydrogens is 274 g/mol. The normalized spacial score (nSPS) is 12.9. The maximum absolute atomic E-state index is 11.5. The zero-order valence-electron chi connectivity index (χ0n) is 9.57. The molecule has 6 heteroatoms. The molecule has 1 atom stereocenters. The van der Waals surface area contributed by atoms with Crippen LogP contribution in [0, 0.1) is 5.92 Å². The fourth-order valence-electron chi connectivity index (χ4n) is 1.08. The first-order valence-electron chi connectivity index (χ1n) is 5.07. The summed E-state index contributed by atoms with van der Waals surface area (Å²) < 4.78 is 1.68. The summed E-state index contributed by atoms with van der Waals surface area (Å²) in [7, 11) is 1.58. The van der Waals surface area contributed by atoms with E-state index in [1.54, 1.807) is 13.2 Å². The molecule has 16 heavy (non-hydrogen) atoms. The van der Waals surface area contributed by atoms with Crippen molar-refractivity contribution in [2.45, 2.75) is 20.0 Å². The van der Waals surface area contributed by atoms with Crippen LogP contribution >= 0.6 is 15.9 Å². The topological polar surface area (TPSA) is 67.2 Å². The Balaban J connectivity index is 2.76. The fourth-order valence-corrected chi connectivity index (χ4v) is 1.58. The first kappa shape index (κ1) is 13.2. The number of halogens is 1. The van der Waals surface area contributed by atoms with E-state index in [-0.39, 0.29) is 11.5 Å². The lowest BCUT2D eigenvalue weighted by Crippen LogP contribution is -2.27. The van der Waals surface area contributed by atoms with Crippen LogP contribution in [0.2, 0.25) is 0 Å². The molecule has 1 rings (SSSR count). The summed E-state index contributed by atoms with van der Waals surface area (Å²) in [6, 6.07) is 0. The number of aromatic nitrogens is 2. The molecule has 2 N–H and O–H groups in total. The van der Waals surface area contributed by atoms with Crippen LogP contribution in [0.1, 0.15) is 13.8 Å². The van der Waals surface area contributed by atoms with Crippen LogP contribution in [0.4, 0.5) is 5.69 Å². The van der Waals surface area contributed by atoms with Gasteiger partial charge in [-0.3, -0.25) is 4.79 Å². The van der Waals surface area contributed by atoms with Crippen LogP contribution in [0.5, 0.6) is 0 Å². The number of aryl methyl sites for hydroxylation is 1. The molecule has 1 aromatic heterocycles. The van der Waals surface area contributed by atoms with E-state index in [1.807, 2.05) is 13.8 Å². The van der Waals surface area contributed by atoms with Gasteiger partial charge in [-0.05, 0) is 21.8 Å². The van der Waals surface area contributed by atoms with Gasteiger partial charge in [-0.2, -0.15) is 5.10 Å². The quantitative estimate of drug-likeness (QED) is 0.867. The summed E-state index contributed by atoms with van der Waals surface area (Å²) in [6.45, 7) is 4.26. The van der Waals surface area contributed by atoms with Crippen LogP contribution in [-0.2, 0) is 7.05 Å². The van der Waals surface area contributed by atoms with E-state index >= 15 is 0 Å². The highest BCUT2D eigenvalue weighted by Crippen LogP contribution is 2.16. The third-order valence-electron chi connectivity index (χ3n) is 2.35. The van der Waals surface area contributed by atoms with E-state index in [9.17, 15) is 9.90 Å². The molecule has 0 saturated heterocycles. The molecule has 1 aromatic rings. The van der Waals surface area contributed by atoms with Gasteiger partial charge in [0, 0.05) is 13.6 Å². The summed E-state index contributed by atoms with van der Waals surface area (Å²) in [6.07, 6.45) is 1.11. The average Bonchev–Trinajstić information content (AvgIpc) is 2.24. The number of hydrogen-bond acceptors (Lipinski definition) is 4. The molecule has 0 aromatic carbocycles. The number of nitrogens with zero attached hydrogens (tertiary/aromatic N) is 2. The van der Waals surface area contributed by atoms with Crippen LogP contribution in [0.25, 0.3) is 0 Å². The van der Waals surface area contributed by atoms with E-state index in [4.69, 9.17) is 0 Å². The van der Waals surface area contributed by atoms with Crippen molar-refractivity contribution in [1.82, 2.24) is 9.78 Å². The van der Waals surface area contributed by atoms with Crippen molar-refractivity contribution in [3.8, 4) is 0 Å². The summed E-state index contributed by atoms with van der Waals surface area (Å²) in [4.78, 5) is 11.5. The van der Waals surface area contributed by atoms with Gasteiger partial charge in [0.05, 0.1) is 18.0 Å². The Morgan fingerprint density at radius 2 is 2.25 bits per heavy atom. The van der Waals surface area contributed by atoms with Crippen molar-refractivity contribution in [2.24, 2.45) is 13.0 Å². The fraction of sp³-hybridized carbons (Fsp3) is 0.600. The van der Waals surface area contributed by atoms with Crippen molar-refractivity contribution in [3.05, 3.63) is 21.0 Å². The van der Waals surface area contributed by atoms with E-state index in [2.05, 4.69) is 26.3 Å². The monoisotopic (exact) mass is 289 g/mol. The molecule has 0 fully saturated rings. The van der Waals surface area contributed by atoms with E-state index < -0.39 is 6.10 Å². The Morgan fingerprint density at radius 1 is 1.62 bits per heavy atom. The van der Waals surface area contributed by atoms with Gasteiger partial charge in [0.15, 0.2) is 0 Å². The summed E-state index contributed by atoms with van der Waals surface area (Å²) >= 11 is 3.20. The zero-order valence-corrected chi connectivity index (χ0v) is 11.2. The van der Waals surface area contributed by atoms with Gasteiger partial charge >= 0.3 is 0 Å². The van der Waals surface area contributed by atoms with E-state index in [0.29, 0.717) is 16.7 Å². The molecule has 0 amide bonds. The SMILES string of the molecule is CC(C)C(O)CNc1cnn(C)c(=O)c1Br. The highest BCUT2D eigenvalue weighted by atomic mass is 79.9. The molecular formula is C10H16BrN3O2. The zero-order chi connectivity index (χ0) is 12.3. The van der Waals surface area contributed by atoms with Gasteiger partial charge in [-0.1, -0.05) is 13.8 Å². The van der Waals surface area contributed by atoms with Crippen LogP contribution in [0.3, 0.4) is 0 Å². The maximum Gasteiger partial charge on any atom is 0.282 e. The van der Waals surface area contributed by atoms with Gasteiger partial charge in [-0.25, -0.2) is 4.68 Å². The molecule has 5 nitrogen and oxygen atoms in total. The second kappa shape index (κ2) is 5.45. The van der Waals surface area contributed by atoms with E-state index in [0.717, 1.165) is 0 Å². The lowest BCUT2D eigenvalue weighted by atomic mass is 10.1. The highest BCUT2D eigenvalue weighted by molar-refractivity contribution is 9.10. The maximum atomic E-state index is 11.5. The number of aliphatic hydroxyl groups excluding tert-OH is 1. The summed E-state index contributed by atoms with van der Waals surface area (Å²) in [5.41, 5.74) is 0.395. The molecule has 0 aliphatic carbocycles. The van der Waals surface area contributed by atoms with Gasteiger partial charge in [-0.15, -0.1) is 0 Å². The van der Waals surface area contributed by atoms with Crippen molar-refractivity contribution < 1.29 is 5.11 Å². The largest absolute Gasteiger partial charge is 0.391 e. The van der Waals surface area contributed by atoms with Crippen molar-refractivity contribution in [2.75, 3.05) is 11.9 Å². The van der Waals surface area contributed by atoms with Gasteiger partial charge in [0.25, 0.3) is 5.56 Å². The molecule has 0 aliphatic heterocycles. The lowest BCUT2D eigenvalue weighted by molar-refractivity contribution is 0.138. The van der Waals surface area contributed by atoms with Gasteiger partial charge < -0.3 is 10.4 Å². The average molecular weight is 290 g/mol. The molecule has 0 spiro atoms. The Kier molecular flexibility index (Phi) is 4.49. The highest BCUT2D eigenvalue weighted by Gasteiger charge is 2.11. The Morgan fingerprint density at radius 3 is 2.81 bits per heavy atom. The van der Waals surface area contributed by atoms with Crippen molar-refractivity contribution in [3.63, 3.8) is 0 Å². The van der Waals surface area contributed by atoms with Crippen molar-refractivity contribution >= 4 is 21.6 Å². The van der Waals surface area contributed by atoms with Gasteiger partial charge in [0.2, 0.25) is 0 Å². The first-order chi connectivity index (χ1) is 7.43. The molecule has 1 unspecified atom stereocenters.